The van der Waals surface area contributed by atoms with Crippen LogP contribution in [0.4, 0.5) is 0 Å². The lowest BCUT2D eigenvalue weighted by atomic mass is 10.2. The highest BCUT2D eigenvalue weighted by atomic mass is 16.5. The Kier molecular flexibility index (Phi) is 7.51. The lowest BCUT2D eigenvalue weighted by molar-refractivity contribution is 0.445. The Morgan fingerprint density at radius 2 is 1.81 bits per heavy atom. The van der Waals surface area contributed by atoms with E-state index in [2.05, 4.69) is 6.58 Å². The molecule has 86 valence electrons. The highest BCUT2D eigenvalue weighted by Gasteiger charge is 1.94. The fourth-order valence-corrected chi connectivity index (χ4v) is 0.968. The van der Waals surface area contributed by atoms with Gasteiger partial charge in [-0.1, -0.05) is 38.1 Å². The smallest absolute Gasteiger partial charge is 0.128 e. The Morgan fingerprint density at radius 1 is 1.25 bits per heavy atom. The van der Waals surface area contributed by atoms with E-state index in [0.717, 1.165) is 5.75 Å². The van der Waals surface area contributed by atoms with Crippen LogP contribution >= 0.6 is 0 Å². The first-order valence-electron chi connectivity index (χ1n) is 5.34. The molecular weight excluding hydrogens is 198 g/mol. The predicted molar refractivity (Wildman–Crippen MR) is 70.2 cm³/mol. The van der Waals surface area contributed by atoms with Gasteiger partial charge in [0.05, 0.1) is 0 Å². The lowest BCUT2D eigenvalue weighted by Gasteiger charge is -2.05. The van der Waals surface area contributed by atoms with Gasteiger partial charge in [0.2, 0.25) is 0 Å². The minimum Gasteiger partial charge on any atom is -0.457 e. The van der Waals surface area contributed by atoms with Gasteiger partial charge in [-0.3, -0.25) is 0 Å². The molecule has 2 nitrogen and oxygen atoms in total. The van der Waals surface area contributed by atoms with Crippen molar-refractivity contribution >= 4 is 6.21 Å². The minimum atomic E-state index is 0.573. The molecule has 0 spiro atoms. The van der Waals surface area contributed by atoms with Gasteiger partial charge in [0, 0.05) is 6.21 Å². The van der Waals surface area contributed by atoms with E-state index in [1.807, 2.05) is 45.0 Å². The largest absolute Gasteiger partial charge is 0.457 e. The first kappa shape index (κ1) is 14.2. The summed E-state index contributed by atoms with van der Waals surface area (Å²) in [4.78, 5) is 0. The molecule has 2 heteroatoms. The van der Waals surface area contributed by atoms with Crippen LogP contribution in [0.3, 0.4) is 0 Å². The number of hydrogen-bond donors (Lipinski definition) is 1. The molecular formula is C14H19NO. The third-order valence-electron chi connectivity index (χ3n) is 1.71. The molecule has 1 N–H and O–H groups in total. The minimum absolute atomic E-state index is 0.573. The van der Waals surface area contributed by atoms with Crippen LogP contribution in [0.1, 0.15) is 19.4 Å². The highest BCUT2D eigenvalue weighted by molar-refractivity contribution is 5.69. The normalized spacial score (nSPS) is 9.81. The maximum Gasteiger partial charge on any atom is 0.128 e. The molecule has 0 atom stereocenters. The van der Waals surface area contributed by atoms with Crippen LogP contribution in [0, 0.1) is 12.3 Å². The Balaban J connectivity index is 0.00000106. The van der Waals surface area contributed by atoms with Gasteiger partial charge < -0.3 is 10.1 Å². The summed E-state index contributed by atoms with van der Waals surface area (Å²) in [5.41, 5.74) is 1.19. The van der Waals surface area contributed by atoms with Gasteiger partial charge >= 0.3 is 0 Å². The van der Waals surface area contributed by atoms with Crippen LogP contribution < -0.4 is 4.74 Å². The Morgan fingerprint density at radius 3 is 2.25 bits per heavy atom. The summed E-state index contributed by atoms with van der Waals surface area (Å²) in [6.45, 7) is 9.62. The van der Waals surface area contributed by atoms with Crippen molar-refractivity contribution in [3.63, 3.8) is 0 Å². The average molecular weight is 217 g/mol. The van der Waals surface area contributed by atoms with Crippen molar-refractivity contribution < 1.29 is 4.74 Å². The van der Waals surface area contributed by atoms with Crippen molar-refractivity contribution in [3.8, 4) is 5.75 Å². The van der Waals surface area contributed by atoms with Gasteiger partial charge in [-0.25, -0.2) is 0 Å². The van der Waals surface area contributed by atoms with Crippen LogP contribution in [-0.2, 0) is 0 Å². The van der Waals surface area contributed by atoms with Crippen molar-refractivity contribution in [3.05, 3.63) is 54.3 Å². The van der Waals surface area contributed by atoms with E-state index < -0.39 is 0 Å². The van der Waals surface area contributed by atoms with Gasteiger partial charge in [0.25, 0.3) is 0 Å². The van der Waals surface area contributed by atoms with E-state index in [4.69, 9.17) is 10.1 Å². The highest BCUT2D eigenvalue weighted by Crippen LogP contribution is 2.14. The molecule has 0 amide bonds. The van der Waals surface area contributed by atoms with Crippen molar-refractivity contribution in [1.29, 1.82) is 5.41 Å². The molecule has 0 aliphatic heterocycles. The predicted octanol–water partition coefficient (Wildman–Crippen LogP) is 4.12. The molecule has 1 rings (SSSR count). The third kappa shape index (κ3) is 5.15. The zero-order chi connectivity index (χ0) is 12.4. The van der Waals surface area contributed by atoms with Crippen LogP contribution in [0.25, 0.3) is 0 Å². The second-order valence-corrected chi connectivity index (χ2v) is 2.85. The molecule has 16 heavy (non-hydrogen) atoms. The molecule has 1 aromatic carbocycles. The number of benzene rings is 1. The summed E-state index contributed by atoms with van der Waals surface area (Å²) in [7, 11) is 0. The molecule has 0 aliphatic carbocycles. The van der Waals surface area contributed by atoms with Gasteiger partial charge in [0.15, 0.2) is 0 Å². The van der Waals surface area contributed by atoms with E-state index in [1.54, 1.807) is 12.2 Å². The Hall–Kier alpha value is -1.83. The van der Waals surface area contributed by atoms with Crippen molar-refractivity contribution in [2.24, 2.45) is 0 Å². The molecule has 0 radical (unpaired) electrons. The van der Waals surface area contributed by atoms with Crippen molar-refractivity contribution in [2.75, 3.05) is 0 Å². The lowest BCUT2D eigenvalue weighted by Crippen LogP contribution is -1.92. The first-order chi connectivity index (χ1) is 7.76. The first-order valence-corrected chi connectivity index (χ1v) is 5.34. The van der Waals surface area contributed by atoms with Gasteiger partial charge in [-0.2, -0.15) is 0 Å². The molecule has 0 aromatic heterocycles. The molecule has 0 unspecified atom stereocenters. The van der Waals surface area contributed by atoms with Gasteiger partial charge in [-0.15, -0.1) is 0 Å². The fraction of sp³-hybridized carbons (Fsp3) is 0.214. The molecule has 0 saturated carbocycles. The maximum atomic E-state index is 6.91. The van der Waals surface area contributed by atoms with Gasteiger partial charge in [0.1, 0.15) is 11.5 Å². The molecule has 1 aromatic rings. The van der Waals surface area contributed by atoms with Crippen LogP contribution in [0.15, 0.2) is 48.8 Å². The standard InChI is InChI=1S/C12H13NO.C2H6/c1-3-11(8-9-13)14-12-6-4-10(2)5-7-12;1-2/h3-9,13H,1H2,2H3;1-2H3/b11-8+,13-9?;. The quantitative estimate of drug-likeness (QED) is 0.459. The summed E-state index contributed by atoms with van der Waals surface area (Å²) in [5.74, 6) is 1.33. The van der Waals surface area contributed by atoms with E-state index in [9.17, 15) is 0 Å². The van der Waals surface area contributed by atoms with E-state index in [1.165, 1.54) is 11.8 Å². The van der Waals surface area contributed by atoms with E-state index >= 15 is 0 Å². The number of rotatable bonds is 4. The van der Waals surface area contributed by atoms with Crippen LogP contribution in [0.5, 0.6) is 5.75 Å². The number of aryl methyl sites for hydroxylation is 1. The number of ether oxygens (including phenoxy) is 1. The zero-order valence-electron chi connectivity index (χ0n) is 10.2. The van der Waals surface area contributed by atoms with Crippen LogP contribution in [-0.4, -0.2) is 6.21 Å². The Bertz CT molecular complexity index is 350. The summed E-state index contributed by atoms with van der Waals surface area (Å²) < 4.78 is 5.45. The number of nitrogens with one attached hydrogen (secondary N) is 1. The van der Waals surface area contributed by atoms with Crippen LogP contribution in [0.2, 0.25) is 0 Å². The molecule has 0 aliphatic rings. The summed E-state index contributed by atoms with van der Waals surface area (Å²) in [6, 6.07) is 7.72. The summed E-state index contributed by atoms with van der Waals surface area (Å²) >= 11 is 0. The molecule has 0 heterocycles. The number of hydrogen-bond acceptors (Lipinski definition) is 2. The topological polar surface area (TPSA) is 33.1 Å². The summed E-state index contributed by atoms with van der Waals surface area (Å²) in [5, 5.41) is 6.91. The zero-order valence-corrected chi connectivity index (χ0v) is 10.2. The second-order valence-electron chi connectivity index (χ2n) is 2.85. The fourth-order valence-electron chi connectivity index (χ4n) is 0.968. The van der Waals surface area contributed by atoms with E-state index in [-0.39, 0.29) is 0 Å². The second kappa shape index (κ2) is 8.48. The molecule has 0 bridgehead atoms. The Labute approximate surface area is 97.8 Å². The van der Waals surface area contributed by atoms with Crippen molar-refractivity contribution in [2.45, 2.75) is 20.8 Å². The SMILES string of the molecule is C=C/C(=C\C=N)Oc1ccc(C)cc1.CC. The number of allylic oxidation sites excluding steroid dienone is 2. The third-order valence-corrected chi connectivity index (χ3v) is 1.71. The monoisotopic (exact) mass is 217 g/mol. The maximum absolute atomic E-state index is 6.91. The summed E-state index contributed by atoms with van der Waals surface area (Å²) in [6.07, 6.45) is 4.29. The van der Waals surface area contributed by atoms with E-state index in [0.29, 0.717) is 5.76 Å². The molecule has 0 saturated heterocycles. The average Bonchev–Trinajstić information content (AvgIpc) is 2.34. The van der Waals surface area contributed by atoms with Gasteiger partial charge in [-0.05, 0) is 31.2 Å². The molecule has 0 fully saturated rings. The van der Waals surface area contributed by atoms with Crippen molar-refractivity contribution in [1.82, 2.24) is 0 Å².